The van der Waals surface area contributed by atoms with Crippen LogP contribution in [-0.2, 0) is 0 Å². The van der Waals surface area contributed by atoms with Gasteiger partial charge in [0, 0.05) is 23.0 Å². The molecule has 0 amide bonds. The highest BCUT2D eigenvalue weighted by atomic mass is 35.5. The molecule has 0 aliphatic carbocycles. The van der Waals surface area contributed by atoms with Gasteiger partial charge in [-0.15, -0.1) is 10.2 Å². The van der Waals surface area contributed by atoms with Gasteiger partial charge in [-0.1, -0.05) is 30.7 Å². The molecule has 4 nitrogen and oxygen atoms in total. The van der Waals surface area contributed by atoms with Gasteiger partial charge in [0.1, 0.15) is 11.6 Å². The molecule has 6 heteroatoms. The summed E-state index contributed by atoms with van der Waals surface area (Å²) < 4.78 is 15.6. The molecule has 2 heterocycles. The second-order valence-electron chi connectivity index (χ2n) is 5.67. The van der Waals surface area contributed by atoms with E-state index in [2.05, 4.69) is 22.4 Å². The Morgan fingerprint density at radius 3 is 2.91 bits per heavy atom. The summed E-state index contributed by atoms with van der Waals surface area (Å²) in [6.45, 7) is 2.81. The summed E-state index contributed by atoms with van der Waals surface area (Å²) in [5, 5.41) is 12.7. The Hall–Kier alpha value is -2.40. The third-order valence-electron chi connectivity index (χ3n) is 4.01. The van der Waals surface area contributed by atoms with E-state index in [4.69, 9.17) is 11.6 Å². The van der Waals surface area contributed by atoms with Crippen molar-refractivity contribution in [1.29, 1.82) is 0 Å². The van der Waals surface area contributed by atoms with Crippen LogP contribution in [0, 0.1) is 5.82 Å². The summed E-state index contributed by atoms with van der Waals surface area (Å²) >= 11 is 6.11. The molecule has 116 valence electrons. The lowest BCUT2D eigenvalue weighted by molar-refractivity contribution is 0.628. The molecule has 4 rings (SSSR count). The van der Waals surface area contributed by atoms with E-state index in [1.807, 2.05) is 28.8 Å². The first kappa shape index (κ1) is 14.2. The van der Waals surface area contributed by atoms with Gasteiger partial charge in [0.15, 0.2) is 5.82 Å². The van der Waals surface area contributed by atoms with Gasteiger partial charge in [-0.2, -0.15) is 0 Å². The molecule has 1 aliphatic heterocycles. The Kier molecular flexibility index (Phi) is 3.31. The second-order valence-corrected chi connectivity index (χ2v) is 6.11. The van der Waals surface area contributed by atoms with Gasteiger partial charge in [-0.05, 0) is 30.3 Å². The number of nitrogens with one attached hydrogen (secondary N) is 1. The Morgan fingerprint density at radius 1 is 1.22 bits per heavy atom. The van der Waals surface area contributed by atoms with Gasteiger partial charge in [0.2, 0.25) is 0 Å². The molecule has 1 N–H and O–H groups in total. The molecule has 3 aromatic rings. The molecule has 0 radical (unpaired) electrons. The number of anilines is 1. The van der Waals surface area contributed by atoms with Crippen molar-refractivity contribution >= 4 is 17.3 Å². The van der Waals surface area contributed by atoms with E-state index < -0.39 is 0 Å². The van der Waals surface area contributed by atoms with Crippen molar-refractivity contribution in [2.24, 2.45) is 0 Å². The van der Waals surface area contributed by atoms with Crippen LogP contribution in [0.2, 0.25) is 5.02 Å². The highest BCUT2D eigenvalue weighted by Crippen LogP contribution is 2.34. The van der Waals surface area contributed by atoms with Gasteiger partial charge in [0.05, 0.1) is 11.4 Å². The van der Waals surface area contributed by atoms with Crippen LogP contribution in [0.1, 0.15) is 18.7 Å². The van der Waals surface area contributed by atoms with E-state index in [-0.39, 0.29) is 11.7 Å². The maximum absolute atomic E-state index is 13.6. The van der Waals surface area contributed by atoms with Crippen LogP contribution in [0.15, 0.2) is 42.5 Å². The zero-order valence-electron chi connectivity index (χ0n) is 12.4. The summed E-state index contributed by atoms with van der Waals surface area (Å²) in [6.07, 6.45) is 0. The quantitative estimate of drug-likeness (QED) is 0.726. The van der Waals surface area contributed by atoms with Crippen molar-refractivity contribution in [1.82, 2.24) is 14.8 Å². The highest BCUT2D eigenvalue weighted by molar-refractivity contribution is 6.31. The van der Waals surface area contributed by atoms with Gasteiger partial charge < -0.3 is 5.32 Å². The highest BCUT2D eigenvalue weighted by Gasteiger charge is 2.25. The minimum absolute atomic E-state index is 0.163. The van der Waals surface area contributed by atoms with E-state index in [0.717, 1.165) is 23.7 Å². The zero-order valence-corrected chi connectivity index (χ0v) is 13.2. The van der Waals surface area contributed by atoms with E-state index in [1.54, 1.807) is 6.07 Å². The monoisotopic (exact) mass is 328 g/mol. The molecular formula is C17H14ClFN4. The molecule has 1 atom stereocenters. The topological polar surface area (TPSA) is 42.7 Å². The minimum Gasteiger partial charge on any atom is -0.383 e. The standard InChI is InChI=1S/C17H14ClFN4/c1-10-9-20-14-8-12(18)5-6-15(14)23-16(10)21-22-17(23)11-3-2-4-13(19)7-11/h2-8,10,20H,9H2,1H3/t10-/m1/s1. The van der Waals surface area contributed by atoms with Crippen molar-refractivity contribution < 1.29 is 4.39 Å². The molecule has 1 aliphatic rings. The predicted molar refractivity (Wildman–Crippen MR) is 88.7 cm³/mol. The fourth-order valence-electron chi connectivity index (χ4n) is 2.87. The third kappa shape index (κ3) is 2.37. The Morgan fingerprint density at radius 2 is 2.09 bits per heavy atom. The normalized spacial score (nSPS) is 16.2. The van der Waals surface area contributed by atoms with Crippen LogP contribution >= 0.6 is 11.6 Å². The summed E-state index contributed by atoms with van der Waals surface area (Å²) in [5.41, 5.74) is 2.53. The zero-order chi connectivity index (χ0) is 16.0. The molecule has 0 saturated heterocycles. The van der Waals surface area contributed by atoms with Gasteiger partial charge in [-0.25, -0.2) is 4.39 Å². The molecule has 1 aromatic heterocycles. The number of benzene rings is 2. The van der Waals surface area contributed by atoms with Crippen LogP contribution in [0.4, 0.5) is 10.1 Å². The Labute approximate surface area is 137 Å². The first-order chi connectivity index (χ1) is 11.1. The smallest absolute Gasteiger partial charge is 0.168 e. The van der Waals surface area contributed by atoms with Crippen LogP contribution in [0.3, 0.4) is 0 Å². The van der Waals surface area contributed by atoms with Gasteiger partial charge in [0.25, 0.3) is 0 Å². The molecule has 0 fully saturated rings. The average molecular weight is 329 g/mol. The maximum atomic E-state index is 13.6. The summed E-state index contributed by atoms with van der Waals surface area (Å²) in [4.78, 5) is 0. The van der Waals surface area contributed by atoms with Crippen LogP contribution in [0.5, 0.6) is 0 Å². The maximum Gasteiger partial charge on any atom is 0.168 e. The number of hydrogen-bond donors (Lipinski definition) is 1. The second kappa shape index (κ2) is 5.35. The van der Waals surface area contributed by atoms with Crippen molar-refractivity contribution in [3.05, 3.63) is 59.1 Å². The van der Waals surface area contributed by atoms with E-state index >= 15 is 0 Å². The van der Waals surface area contributed by atoms with Crippen molar-refractivity contribution in [2.45, 2.75) is 12.8 Å². The number of halogens is 2. The lowest BCUT2D eigenvalue weighted by Gasteiger charge is -2.12. The molecular weight excluding hydrogens is 315 g/mol. The molecule has 2 aromatic carbocycles. The number of nitrogens with zero attached hydrogens (tertiary/aromatic N) is 3. The van der Waals surface area contributed by atoms with Crippen molar-refractivity contribution in [3.8, 4) is 17.1 Å². The number of aromatic nitrogens is 3. The number of hydrogen-bond acceptors (Lipinski definition) is 3. The predicted octanol–water partition coefficient (Wildman–Crippen LogP) is 4.26. The summed E-state index contributed by atoms with van der Waals surface area (Å²) in [5.74, 6) is 1.34. The number of fused-ring (bicyclic) bond motifs is 3. The summed E-state index contributed by atoms with van der Waals surface area (Å²) in [7, 11) is 0. The van der Waals surface area contributed by atoms with E-state index in [0.29, 0.717) is 16.4 Å². The lowest BCUT2D eigenvalue weighted by Crippen LogP contribution is -2.09. The summed E-state index contributed by atoms with van der Waals surface area (Å²) in [6, 6.07) is 12.0. The molecule has 0 bridgehead atoms. The van der Waals surface area contributed by atoms with E-state index in [1.165, 1.54) is 12.1 Å². The first-order valence-corrected chi connectivity index (χ1v) is 7.76. The fraction of sp³-hybridized carbons (Fsp3) is 0.176. The molecule has 0 saturated carbocycles. The van der Waals surface area contributed by atoms with Crippen LogP contribution in [-0.4, -0.2) is 21.3 Å². The lowest BCUT2D eigenvalue weighted by atomic mass is 10.1. The van der Waals surface area contributed by atoms with Crippen LogP contribution in [0.25, 0.3) is 17.1 Å². The molecule has 0 unspecified atom stereocenters. The van der Waals surface area contributed by atoms with Gasteiger partial charge >= 0.3 is 0 Å². The fourth-order valence-corrected chi connectivity index (χ4v) is 3.04. The average Bonchev–Trinajstić information content (AvgIpc) is 2.92. The number of rotatable bonds is 1. The Bertz CT molecular complexity index is 890. The molecule has 0 spiro atoms. The Balaban J connectivity index is 1.99. The SMILES string of the molecule is C[C@@H]1CNc2cc(Cl)ccc2-n2c(-c3cccc(F)c3)nnc21. The van der Waals surface area contributed by atoms with E-state index in [9.17, 15) is 4.39 Å². The first-order valence-electron chi connectivity index (χ1n) is 7.38. The molecule has 23 heavy (non-hydrogen) atoms. The van der Waals surface area contributed by atoms with Crippen molar-refractivity contribution in [3.63, 3.8) is 0 Å². The largest absolute Gasteiger partial charge is 0.383 e. The van der Waals surface area contributed by atoms with Gasteiger partial charge in [-0.3, -0.25) is 4.57 Å². The van der Waals surface area contributed by atoms with Crippen molar-refractivity contribution in [2.75, 3.05) is 11.9 Å². The van der Waals surface area contributed by atoms with Crippen LogP contribution < -0.4 is 5.32 Å². The third-order valence-corrected chi connectivity index (χ3v) is 4.24. The minimum atomic E-state index is -0.295.